The van der Waals surface area contributed by atoms with Crippen molar-refractivity contribution in [3.05, 3.63) is 60.2 Å². The number of carbonyl (C=O) groups is 3. The molecule has 0 radical (unpaired) electrons. The van der Waals surface area contributed by atoms with Gasteiger partial charge in [0, 0.05) is 25.8 Å². The SMILES string of the molecule is COC(=O)CCCC=CCN1C(=O)CCC[C@@H]1C=CC(=O)Cc1ccccc1. The van der Waals surface area contributed by atoms with Gasteiger partial charge in [-0.2, -0.15) is 0 Å². The highest BCUT2D eigenvalue weighted by Crippen LogP contribution is 2.19. The van der Waals surface area contributed by atoms with Crippen molar-refractivity contribution in [2.45, 2.75) is 51.0 Å². The fourth-order valence-corrected chi connectivity index (χ4v) is 3.23. The molecular weight excluding hydrogens is 354 g/mol. The van der Waals surface area contributed by atoms with Gasteiger partial charge >= 0.3 is 5.97 Å². The van der Waals surface area contributed by atoms with E-state index in [4.69, 9.17) is 0 Å². The maximum Gasteiger partial charge on any atom is 0.305 e. The van der Waals surface area contributed by atoms with E-state index in [1.165, 1.54) is 7.11 Å². The van der Waals surface area contributed by atoms with E-state index >= 15 is 0 Å². The van der Waals surface area contributed by atoms with Gasteiger partial charge in [-0.1, -0.05) is 48.6 Å². The van der Waals surface area contributed by atoms with Crippen LogP contribution >= 0.6 is 0 Å². The summed E-state index contributed by atoms with van der Waals surface area (Å²) in [4.78, 5) is 37.4. The molecule has 1 aliphatic rings. The zero-order valence-corrected chi connectivity index (χ0v) is 16.5. The van der Waals surface area contributed by atoms with Crippen LogP contribution in [-0.4, -0.2) is 42.3 Å². The number of unbranched alkanes of at least 4 members (excludes halogenated alkanes) is 1. The van der Waals surface area contributed by atoms with Gasteiger partial charge in [-0.15, -0.1) is 0 Å². The van der Waals surface area contributed by atoms with E-state index < -0.39 is 0 Å². The lowest BCUT2D eigenvalue weighted by molar-refractivity contribution is -0.140. The molecule has 0 N–H and O–H groups in total. The monoisotopic (exact) mass is 383 g/mol. The van der Waals surface area contributed by atoms with Gasteiger partial charge in [0.05, 0.1) is 13.2 Å². The number of carbonyl (C=O) groups excluding carboxylic acids is 3. The first-order chi connectivity index (χ1) is 13.6. The van der Waals surface area contributed by atoms with Crippen LogP contribution in [0.2, 0.25) is 0 Å². The number of piperidine rings is 1. The molecule has 2 rings (SSSR count). The zero-order chi connectivity index (χ0) is 20.2. The van der Waals surface area contributed by atoms with E-state index in [1.807, 2.05) is 53.5 Å². The predicted molar refractivity (Wildman–Crippen MR) is 109 cm³/mol. The van der Waals surface area contributed by atoms with Gasteiger partial charge < -0.3 is 9.64 Å². The van der Waals surface area contributed by atoms with Crippen LogP contribution in [0, 0.1) is 0 Å². The molecule has 5 nitrogen and oxygen atoms in total. The van der Waals surface area contributed by atoms with E-state index in [9.17, 15) is 14.4 Å². The van der Waals surface area contributed by atoms with Crippen LogP contribution < -0.4 is 0 Å². The number of rotatable bonds is 10. The Morgan fingerprint density at radius 1 is 1.21 bits per heavy atom. The Kier molecular flexibility index (Phi) is 9.19. The first-order valence-corrected chi connectivity index (χ1v) is 9.86. The molecule has 0 unspecified atom stereocenters. The molecule has 0 aromatic heterocycles. The highest BCUT2D eigenvalue weighted by Gasteiger charge is 2.25. The summed E-state index contributed by atoms with van der Waals surface area (Å²) in [6, 6.07) is 9.61. The first-order valence-electron chi connectivity index (χ1n) is 9.86. The first kappa shape index (κ1) is 21.6. The average molecular weight is 383 g/mol. The molecule has 0 aliphatic carbocycles. The quantitative estimate of drug-likeness (QED) is 0.268. The Bertz CT molecular complexity index is 709. The van der Waals surface area contributed by atoms with Crippen molar-refractivity contribution >= 4 is 17.7 Å². The van der Waals surface area contributed by atoms with Crippen LogP contribution in [0.1, 0.15) is 44.1 Å². The van der Waals surface area contributed by atoms with Crippen LogP contribution in [0.5, 0.6) is 0 Å². The minimum atomic E-state index is -0.204. The molecule has 1 aromatic rings. The highest BCUT2D eigenvalue weighted by molar-refractivity contribution is 5.91. The van der Waals surface area contributed by atoms with Gasteiger partial charge in [-0.25, -0.2) is 0 Å². The van der Waals surface area contributed by atoms with Crippen molar-refractivity contribution in [3.63, 3.8) is 0 Å². The van der Waals surface area contributed by atoms with Crippen molar-refractivity contribution in [2.24, 2.45) is 0 Å². The fraction of sp³-hybridized carbons (Fsp3) is 0.435. The van der Waals surface area contributed by atoms with E-state index in [1.54, 1.807) is 6.08 Å². The van der Waals surface area contributed by atoms with Crippen LogP contribution in [0.4, 0.5) is 0 Å². The molecule has 0 bridgehead atoms. The van der Waals surface area contributed by atoms with Crippen molar-refractivity contribution in [3.8, 4) is 0 Å². The number of hydrogen-bond acceptors (Lipinski definition) is 4. The van der Waals surface area contributed by atoms with Crippen molar-refractivity contribution in [1.29, 1.82) is 0 Å². The maximum absolute atomic E-state index is 12.3. The summed E-state index contributed by atoms with van der Waals surface area (Å²) in [7, 11) is 1.39. The summed E-state index contributed by atoms with van der Waals surface area (Å²) in [5.41, 5.74) is 0.989. The summed E-state index contributed by atoms with van der Waals surface area (Å²) >= 11 is 0. The third-order valence-electron chi connectivity index (χ3n) is 4.78. The number of allylic oxidation sites excluding steroid dienone is 2. The summed E-state index contributed by atoms with van der Waals surface area (Å²) in [6.45, 7) is 0.527. The topological polar surface area (TPSA) is 63.7 Å². The molecule has 1 saturated heterocycles. The van der Waals surface area contributed by atoms with Gasteiger partial charge in [0.15, 0.2) is 5.78 Å². The number of hydrogen-bond donors (Lipinski definition) is 0. The number of esters is 1. The van der Waals surface area contributed by atoms with Crippen molar-refractivity contribution in [1.82, 2.24) is 4.90 Å². The van der Waals surface area contributed by atoms with E-state index in [-0.39, 0.29) is 23.7 Å². The molecule has 1 heterocycles. The van der Waals surface area contributed by atoms with Crippen LogP contribution in [0.25, 0.3) is 0 Å². The molecule has 0 saturated carbocycles. The Hall–Kier alpha value is -2.69. The van der Waals surface area contributed by atoms with Crippen molar-refractivity contribution < 1.29 is 19.1 Å². The standard InChI is InChI=1S/C23H29NO4/c1-28-23(27)14-7-2-3-8-17-24-20(12-9-13-22(24)26)15-16-21(25)18-19-10-5-4-6-11-19/h3-6,8,10-11,15-16,20H,2,7,9,12-14,17-18H2,1H3/t20-/m1/s1. The van der Waals surface area contributed by atoms with E-state index in [0.717, 1.165) is 31.2 Å². The number of amides is 1. The Morgan fingerprint density at radius 2 is 2.00 bits per heavy atom. The van der Waals surface area contributed by atoms with Crippen molar-refractivity contribution in [2.75, 3.05) is 13.7 Å². The lowest BCUT2D eigenvalue weighted by atomic mass is 10.00. The van der Waals surface area contributed by atoms with Gasteiger partial charge in [0.1, 0.15) is 0 Å². The zero-order valence-electron chi connectivity index (χ0n) is 16.5. The molecule has 1 fully saturated rings. The second-order valence-corrected chi connectivity index (χ2v) is 6.93. The second kappa shape index (κ2) is 11.9. The van der Waals surface area contributed by atoms with E-state index in [2.05, 4.69) is 4.74 Å². The largest absolute Gasteiger partial charge is 0.469 e. The Balaban J connectivity index is 1.84. The molecule has 1 atom stereocenters. The predicted octanol–water partition coefficient (Wildman–Crippen LogP) is 3.64. The Morgan fingerprint density at radius 3 is 2.75 bits per heavy atom. The third-order valence-corrected chi connectivity index (χ3v) is 4.78. The molecule has 0 spiro atoms. The number of nitrogens with zero attached hydrogens (tertiary/aromatic N) is 1. The smallest absolute Gasteiger partial charge is 0.305 e. The molecule has 1 aromatic carbocycles. The molecule has 5 heteroatoms. The molecule has 1 amide bonds. The van der Waals surface area contributed by atoms with Crippen LogP contribution in [-0.2, 0) is 25.5 Å². The molecular formula is C23H29NO4. The number of ether oxygens (including phenoxy) is 1. The van der Waals surface area contributed by atoms with Gasteiger partial charge in [-0.3, -0.25) is 14.4 Å². The number of methoxy groups -OCH3 is 1. The molecule has 150 valence electrons. The normalized spacial score (nSPS) is 17.4. The minimum Gasteiger partial charge on any atom is -0.469 e. The second-order valence-electron chi connectivity index (χ2n) is 6.93. The highest BCUT2D eigenvalue weighted by atomic mass is 16.5. The summed E-state index contributed by atoms with van der Waals surface area (Å²) in [5.74, 6) is -0.0388. The summed E-state index contributed by atoms with van der Waals surface area (Å²) in [6.07, 6.45) is 12.0. The molecule has 1 aliphatic heterocycles. The average Bonchev–Trinajstić information content (AvgIpc) is 2.70. The van der Waals surface area contributed by atoms with E-state index in [0.29, 0.717) is 25.8 Å². The van der Waals surface area contributed by atoms with Crippen LogP contribution in [0.3, 0.4) is 0 Å². The maximum atomic E-state index is 12.3. The minimum absolute atomic E-state index is 0.0410. The van der Waals surface area contributed by atoms with Gasteiger partial charge in [0.2, 0.25) is 5.91 Å². The van der Waals surface area contributed by atoms with Gasteiger partial charge in [0.25, 0.3) is 0 Å². The number of likely N-dealkylation sites (tertiary alicyclic amines) is 1. The number of ketones is 1. The summed E-state index contributed by atoms with van der Waals surface area (Å²) < 4.78 is 4.61. The van der Waals surface area contributed by atoms with Gasteiger partial charge in [-0.05, 0) is 37.3 Å². The lowest BCUT2D eigenvalue weighted by Crippen LogP contribution is -2.42. The lowest BCUT2D eigenvalue weighted by Gasteiger charge is -2.33. The molecule has 28 heavy (non-hydrogen) atoms. The van der Waals surface area contributed by atoms with Crippen LogP contribution in [0.15, 0.2) is 54.6 Å². The fourth-order valence-electron chi connectivity index (χ4n) is 3.23. The Labute approximate surface area is 167 Å². The summed E-state index contributed by atoms with van der Waals surface area (Å²) in [5, 5.41) is 0. The third kappa shape index (κ3) is 7.51. The number of benzene rings is 1.